The molecule has 0 saturated carbocycles. The van der Waals surface area contributed by atoms with E-state index in [9.17, 15) is 14.4 Å². The highest BCUT2D eigenvalue weighted by Gasteiger charge is 2.26. The van der Waals surface area contributed by atoms with E-state index in [0.29, 0.717) is 18.8 Å². The molecule has 0 aliphatic carbocycles. The van der Waals surface area contributed by atoms with Gasteiger partial charge in [0.2, 0.25) is 0 Å². The van der Waals surface area contributed by atoms with Gasteiger partial charge in [0.05, 0.1) is 12.8 Å². The molecule has 0 fully saturated rings. The van der Waals surface area contributed by atoms with Crippen LogP contribution in [0.3, 0.4) is 0 Å². The van der Waals surface area contributed by atoms with Crippen LogP contribution in [-0.4, -0.2) is 39.9 Å². The minimum atomic E-state index is -0.563. The molecule has 2 N–H and O–H groups in total. The normalized spacial score (nSPS) is 14.1. The average molecular weight is 521 g/mol. The van der Waals surface area contributed by atoms with Gasteiger partial charge in [0.15, 0.2) is 0 Å². The molecule has 38 heavy (non-hydrogen) atoms. The smallest absolute Gasteiger partial charge is 0.422 e. The van der Waals surface area contributed by atoms with Crippen molar-refractivity contribution in [3.8, 4) is 22.6 Å². The van der Waals surface area contributed by atoms with E-state index in [1.165, 1.54) is 22.4 Å². The van der Waals surface area contributed by atoms with Gasteiger partial charge in [-0.2, -0.15) is 0 Å². The number of ether oxygens (including phenoxy) is 2. The van der Waals surface area contributed by atoms with Gasteiger partial charge in [0.25, 0.3) is 5.56 Å². The zero-order valence-corrected chi connectivity index (χ0v) is 23.1. The van der Waals surface area contributed by atoms with Crippen molar-refractivity contribution in [2.24, 2.45) is 0 Å². The Kier molecular flexibility index (Phi) is 7.25. The summed E-state index contributed by atoms with van der Waals surface area (Å²) in [6.45, 7) is 13.0. The summed E-state index contributed by atoms with van der Waals surface area (Å²) in [6, 6.07) is 11.4. The second kappa shape index (κ2) is 10.1. The predicted octanol–water partition coefficient (Wildman–Crippen LogP) is 4.30. The second-order valence-electron chi connectivity index (χ2n) is 11.6. The van der Waals surface area contributed by atoms with Gasteiger partial charge >= 0.3 is 11.8 Å². The summed E-state index contributed by atoms with van der Waals surface area (Å²) < 4.78 is 12.7. The van der Waals surface area contributed by atoms with Crippen molar-refractivity contribution in [2.75, 3.05) is 13.7 Å². The van der Waals surface area contributed by atoms with Crippen molar-refractivity contribution in [1.29, 1.82) is 0 Å². The number of hydrogen-bond acceptors (Lipinski definition) is 6. The van der Waals surface area contributed by atoms with Gasteiger partial charge in [0, 0.05) is 36.5 Å². The van der Waals surface area contributed by atoms with Crippen LogP contribution in [0.4, 0.5) is 4.79 Å². The molecule has 2 heterocycles. The quantitative estimate of drug-likeness (QED) is 0.532. The Hall–Kier alpha value is -3.85. The van der Waals surface area contributed by atoms with Gasteiger partial charge in [-0.3, -0.25) is 19.8 Å². The number of carbonyl (C=O) groups excluding carboxylic acids is 1. The molecule has 4 rings (SSSR count). The van der Waals surface area contributed by atoms with Crippen molar-refractivity contribution >= 4 is 6.09 Å². The maximum Gasteiger partial charge on any atom is 0.422 e. The molecule has 2 aromatic carbocycles. The van der Waals surface area contributed by atoms with Crippen molar-refractivity contribution in [1.82, 2.24) is 20.0 Å². The summed E-state index contributed by atoms with van der Waals surface area (Å²) in [5.74, 6) is 0.739. The highest BCUT2D eigenvalue weighted by atomic mass is 16.6. The average Bonchev–Trinajstić information content (AvgIpc) is 2.81. The van der Waals surface area contributed by atoms with Gasteiger partial charge in [0.1, 0.15) is 11.4 Å². The molecule has 0 bridgehead atoms. The van der Waals surface area contributed by atoms with E-state index in [-0.39, 0.29) is 5.41 Å². The molecular weight excluding hydrogens is 484 g/mol. The van der Waals surface area contributed by atoms with Crippen LogP contribution in [0.2, 0.25) is 0 Å². The summed E-state index contributed by atoms with van der Waals surface area (Å²) in [4.78, 5) is 38.8. The number of aromatic nitrogens is 2. The summed E-state index contributed by atoms with van der Waals surface area (Å²) >= 11 is 0. The van der Waals surface area contributed by atoms with E-state index >= 15 is 0 Å². The molecule has 1 amide bonds. The van der Waals surface area contributed by atoms with Gasteiger partial charge in [-0.15, -0.1) is 0 Å². The highest BCUT2D eigenvalue weighted by Crippen LogP contribution is 2.41. The summed E-state index contributed by atoms with van der Waals surface area (Å²) in [6.07, 6.45) is 1.76. The topological polar surface area (TPSA) is 106 Å². The monoisotopic (exact) mass is 520 g/mol. The molecular formula is C29H36N4O5. The zero-order chi connectivity index (χ0) is 27.8. The number of amides is 1. The molecule has 0 saturated heterocycles. The Morgan fingerprint density at radius 3 is 2.37 bits per heavy atom. The molecule has 1 aliphatic rings. The van der Waals surface area contributed by atoms with E-state index in [4.69, 9.17) is 9.47 Å². The molecule has 0 unspecified atom stereocenters. The number of rotatable bonds is 4. The van der Waals surface area contributed by atoms with Gasteiger partial charge in [-0.1, -0.05) is 39.0 Å². The molecule has 1 aromatic heterocycles. The Morgan fingerprint density at radius 2 is 1.74 bits per heavy atom. The van der Waals surface area contributed by atoms with Crippen LogP contribution in [0.5, 0.6) is 5.75 Å². The fourth-order valence-corrected chi connectivity index (χ4v) is 4.61. The third-order valence-corrected chi connectivity index (χ3v) is 6.37. The van der Waals surface area contributed by atoms with Gasteiger partial charge in [-0.25, -0.2) is 14.6 Å². The first-order valence-corrected chi connectivity index (χ1v) is 12.7. The molecule has 3 aromatic rings. The summed E-state index contributed by atoms with van der Waals surface area (Å²) in [7, 11) is 1.65. The molecule has 9 heteroatoms. The number of methoxy groups -OCH3 is 1. The Labute approximate surface area is 222 Å². The van der Waals surface area contributed by atoms with Crippen LogP contribution in [0.1, 0.15) is 58.2 Å². The van der Waals surface area contributed by atoms with Gasteiger partial charge < -0.3 is 9.47 Å². The lowest BCUT2D eigenvalue weighted by Gasteiger charge is -2.30. The van der Waals surface area contributed by atoms with Crippen LogP contribution in [0, 0.1) is 0 Å². The molecule has 0 spiro atoms. The highest BCUT2D eigenvalue weighted by molar-refractivity contribution is 5.76. The van der Waals surface area contributed by atoms with Crippen LogP contribution >= 0.6 is 0 Å². The van der Waals surface area contributed by atoms with Crippen molar-refractivity contribution < 1.29 is 14.3 Å². The maximum atomic E-state index is 12.6. The van der Waals surface area contributed by atoms with Crippen molar-refractivity contribution in [3.05, 3.63) is 80.1 Å². The molecule has 0 radical (unpaired) electrons. The lowest BCUT2D eigenvalue weighted by molar-refractivity contribution is 0.0306. The third-order valence-electron chi connectivity index (χ3n) is 6.37. The molecule has 202 valence electrons. The lowest BCUT2D eigenvalue weighted by atomic mass is 9.83. The zero-order valence-electron chi connectivity index (χ0n) is 23.1. The first-order valence-electron chi connectivity index (χ1n) is 12.7. The van der Waals surface area contributed by atoms with E-state index < -0.39 is 22.9 Å². The fourth-order valence-electron chi connectivity index (χ4n) is 4.61. The number of carbonyl (C=O) groups is 1. The fraction of sp³-hybridized carbons (Fsp3) is 0.414. The van der Waals surface area contributed by atoms with E-state index in [1.54, 1.807) is 7.11 Å². The van der Waals surface area contributed by atoms with Crippen molar-refractivity contribution in [2.45, 2.75) is 65.5 Å². The first-order chi connectivity index (χ1) is 17.7. The number of H-pyrrole nitrogens is 1. The van der Waals surface area contributed by atoms with Crippen LogP contribution in [0.15, 0.2) is 52.2 Å². The number of fused-ring (bicyclic) bond motifs is 1. The van der Waals surface area contributed by atoms with E-state index in [2.05, 4.69) is 43.3 Å². The largest absolute Gasteiger partial charge is 0.496 e. The summed E-state index contributed by atoms with van der Waals surface area (Å²) in [5.41, 5.74) is 6.72. The van der Waals surface area contributed by atoms with E-state index in [0.717, 1.165) is 34.4 Å². The number of nitrogens with one attached hydrogen (secondary N) is 2. The lowest BCUT2D eigenvalue weighted by Crippen LogP contribution is -2.46. The number of aromatic amines is 1. The first kappa shape index (κ1) is 27.2. The number of hydrazine groups is 1. The van der Waals surface area contributed by atoms with Crippen LogP contribution in [0.25, 0.3) is 16.8 Å². The standard InChI is InChI=1S/C29H36N4O5/c1-28(2,3)23-16-21(33-13-11-24(34)30-26(33)35)15-22(25(23)37-7)19-8-9-20-17-32(12-10-18(20)14-19)31-27(36)38-29(4,5)6/h8-9,11,13-16H,10,12,17H2,1-7H3,(H,31,36)(H,30,34,35). The van der Waals surface area contributed by atoms with Crippen LogP contribution < -0.4 is 21.4 Å². The molecule has 0 atom stereocenters. The number of nitrogens with zero attached hydrogens (tertiary/aromatic N) is 2. The predicted molar refractivity (Wildman–Crippen MR) is 147 cm³/mol. The van der Waals surface area contributed by atoms with Crippen LogP contribution in [-0.2, 0) is 23.1 Å². The Morgan fingerprint density at radius 1 is 1.00 bits per heavy atom. The number of benzene rings is 2. The van der Waals surface area contributed by atoms with E-state index in [1.807, 2.05) is 44.0 Å². The maximum absolute atomic E-state index is 12.6. The molecule has 1 aliphatic heterocycles. The summed E-state index contributed by atoms with van der Waals surface area (Å²) in [5, 5.41) is 1.86. The van der Waals surface area contributed by atoms with Gasteiger partial charge in [-0.05, 0) is 61.4 Å². The Balaban J connectivity index is 1.73. The SMILES string of the molecule is COc1c(-c2ccc3c(c2)CCN(NC(=O)OC(C)(C)C)C3)cc(-n2ccc(=O)[nH]c2=O)cc1C(C)(C)C. The van der Waals surface area contributed by atoms with Crippen molar-refractivity contribution in [3.63, 3.8) is 0 Å². The Bertz CT molecular complexity index is 1470. The minimum Gasteiger partial charge on any atom is -0.496 e. The third kappa shape index (κ3) is 5.99. The number of hydrogen-bond donors (Lipinski definition) is 2. The molecule has 9 nitrogen and oxygen atoms in total. The second-order valence-corrected chi connectivity index (χ2v) is 11.6. The minimum absolute atomic E-state index is 0.274.